The van der Waals surface area contributed by atoms with Crippen LogP contribution in [0.5, 0.6) is 0 Å². The van der Waals surface area contributed by atoms with E-state index < -0.39 is 10.2 Å². The van der Waals surface area contributed by atoms with Gasteiger partial charge < -0.3 is 9.47 Å². The van der Waals surface area contributed by atoms with Crippen molar-refractivity contribution in [1.82, 2.24) is 18.5 Å². The van der Waals surface area contributed by atoms with Crippen molar-refractivity contribution in [2.24, 2.45) is 0 Å². The molecule has 1 saturated heterocycles. The molecular formula is C21H32N4O2S. The number of aryl methyl sites for hydroxylation is 1. The quantitative estimate of drug-likeness (QED) is 0.805. The fourth-order valence-electron chi connectivity index (χ4n) is 5.31. The number of hydrogen-bond donors (Lipinski definition) is 1. The predicted molar refractivity (Wildman–Crippen MR) is 114 cm³/mol. The summed E-state index contributed by atoms with van der Waals surface area (Å²) >= 11 is 0. The standard InChI is InChI=1S/C21H32N4O2S/c1-5-24-13-15-11-20-18(17-9-8-10-19(24)21(15)17)12-16(14-23(20)4)22-28(26,27)25(6-2)7-3/h8-10,13,16,18,20,22H,5-7,11-12,14H2,1-4H3. The normalized spacial score (nSPS) is 25.4. The molecule has 0 bridgehead atoms. The maximum atomic E-state index is 12.8. The second-order valence-electron chi connectivity index (χ2n) is 8.14. The first-order valence-electron chi connectivity index (χ1n) is 10.5. The van der Waals surface area contributed by atoms with E-state index in [0.717, 1.165) is 25.9 Å². The number of benzene rings is 1. The molecule has 1 N–H and O–H groups in total. The number of likely N-dealkylation sites (tertiary alicyclic amines) is 1. The SMILES string of the molecule is CCN(CC)S(=O)(=O)NC1CC2c3cccc4c3c(cn4CC)CC2N(C)C1. The lowest BCUT2D eigenvalue weighted by molar-refractivity contribution is 0.135. The van der Waals surface area contributed by atoms with Gasteiger partial charge in [-0.25, -0.2) is 0 Å². The number of aromatic nitrogens is 1. The molecule has 2 aliphatic rings. The number of hydrogen-bond acceptors (Lipinski definition) is 3. The summed E-state index contributed by atoms with van der Waals surface area (Å²) in [4.78, 5) is 2.36. The summed E-state index contributed by atoms with van der Waals surface area (Å²) in [5.41, 5.74) is 4.12. The van der Waals surface area contributed by atoms with E-state index in [1.165, 1.54) is 26.3 Å². The first kappa shape index (κ1) is 19.9. The fourth-order valence-corrected chi connectivity index (χ4v) is 6.74. The molecule has 0 radical (unpaired) electrons. The molecule has 0 spiro atoms. The first-order valence-corrected chi connectivity index (χ1v) is 11.9. The smallest absolute Gasteiger partial charge is 0.279 e. The Bertz CT molecular complexity index is 964. The maximum absolute atomic E-state index is 12.8. The number of rotatable bonds is 6. The minimum atomic E-state index is -3.44. The van der Waals surface area contributed by atoms with Crippen LogP contribution in [0.1, 0.15) is 44.2 Å². The molecule has 7 heteroatoms. The molecule has 0 amide bonds. The van der Waals surface area contributed by atoms with Crippen LogP contribution in [0.15, 0.2) is 24.4 Å². The van der Waals surface area contributed by atoms with Crippen LogP contribution in [0.4, 0.5) is 0 Å². The summed E-state index contributed by atoms with van der Waals surface area (Å²) < 4.78 is 32.3. The van der Waals surface area contributed by atoms with Crippen LogP contribution in [0.2, 0.25) is 0 Å². The van der Waals surface area contributed by atoms with Gasteiger partial charge in [0.1, 0.15) is 0 Å². The average molecular weight is 405 g/mol. The van der Waals surface area contributed by atoms with Crippen LogP contribution >= 0.6 is 0 Å². The maximum Gasteiger partial charge on any atom is 0.279 e. The minimum Gasteiger partial charge on any atom is -0.347 e. The lowest BCUT2D eigenvalue weighted by atomic mass is 9.74. The van der Waals surface area contributed by atoms with E-state index in [1.54, 1.807) is 0 Å². The van der Waals surface area contributed by atoms with Crippen molar-refractivity contribution < 1.29 is 8.42 Å². The molecule has 3 atom stereocenters. The van der Waals surface area contributed by atoms with E-state index in [9.17, 15) is 8.42 Å². The van der Waals surface area contributed by atoms with Gasteiger partial charge in [0.2, 0.25) is 0 Å². The molecule has 154 valence electrons. The zero-order chi connectivity index (χ0) is 20.1. The van der Waals surface area contributed by atoms with E-state index >= 15 is 0 Å². The van der Waals surface area contributed by atoms with Crippen molar-refractivity contribution in [2.45, 2.75) is 58.2 Å². The molecule has 4 rings (SSSR count). The van der Waals surface area contributed by atoms with E-state index in [2.05, 4.69) is 52.6 Å². The highest BCUT2D eigenvalue weighted by molar-refractivity contribution is 7.87. The molecule has 2 heterocycles. The topological polar surface area (TPSA) is 57.6 Å². The number of piperidine rings is 1. The van der Waals surface area contributed by atoms with Crippen LogP contribution < -0.4 is 4.72 Å². The van der Waals surface area contributed by atoms with Crippen molar-refractivity contribution >= 4 is 21.1 Å². The van der Waals surface area contributed by atoms with E-state index in [1.807, 2.05) is 13.8 Å². The Labute approximate surface area is 168 Å². The Hall–Kier alpha value is -1.41. The van der Waals surface area contributed by atoms with Crippen molar-refractivity contribution in [3.8, 4) is 0 Å². The van der Waals surface area contributed by atoms with Gasteiger partial charge >= 0.3 is 0 Å². The Morgan fingerprint density at radius 2 is 1.96 bits per heavy atom. The van der Waals surface area contributed by atoms with E-state index in [0.29, 0.717) is 25.0 Å². The number of fused-ring (bicyclic) bond motifs is 2. The molecular weight excluding hydrogens is 372 g/mol. The van der Waals surface area contributed by atoms with Crippen molar-refractivity contribution in [3.05, 3.63) is 35.5 Å². The van der Waals surface area contributed by atoms with Crippen LogP contribution in [0, 0.1) is 0 Å². The lowest BCUT2D eigenvalue weighted by Crippen LogP contribution is -2.56. The molecule has 1 aliphatic carbocycles. The third-order valence-electron chi connectivity index (χ3n) is 6.62. The Morgan fingerprint density at radius 3 is 2.64 bits per heavy atom. The van der Waals surface area contributed by atoms with Crippen molar-refractivity contribution in [3.63, 3.8) is 0 Å². The van der Waals surface area contributed by atoms with Gasteiger partial charge in [-0.15, -0.1) is 0 Å². The molecule has 3 unspecified atom stereocenters. The fraction of sp³-hybridized carbons (Fsp3) is 0.619. The van der Waals surface area contributed by atoms with Gasteiger partial charge in [0.15, 0.2) is 0 Å². The van der Waals surface area contributed by atoms with Gasteiger partial charge in [-0.1, -0.05) is 26.0 Å². The third-order valence-corrected chi connectivity index (χ3v) is 8.45. The van der Waals surface area contributed by atoms with Gasteiger partial charge in [0, 0.05) is 61.3 Å². The summed E-state index contributed by atoms with van der Waals surface area (Å²) in [6.07, 6.45) is 4.20. The molecule has 2 aromatic rings. The highest BCUT2D eigenvalue weighted by Crippen LogP contribution is 2.43. The van der Waals surface area contributed by atoms with E-state index in [4.69, 9.17) is 0 Å². The van der Waals surface area contributed by atoms with Gasteiger partial charge in [-0.3, -0.25) is 0 Å². The van der Waals surface area contributed by atoms with Crippen LogP contribution in [0.3, 0.4) is 0 Å². The average Bonchev–Trinajstić information content (AvgIpc) is 3.02. The molecule has 1 aliphatic heterocycles. The monoisotopic (exact) mass is 404 g/mol. The predicted octanol–water partition coefficient (Wildman–Crippen LogP) is 2.55. The largest absolute Gasteiger partial charge is 0.347 e. The summed E-state index contributed by atoms with van der Waals surface area (Å²) in [7, 11) is -1.31. The lowest BCUT2D eigenvalue weighted by Gasteiger charge is -2.45. The number of likely N-dealkylation sites (N-methyl/N-ethyl adjacent to an activating group) is 1. The van der Waals surface area contributed by atoms with Crippen LogP contribution in [-0.4, -0.2) is 61.0 Å². The summed E-state index contributed by atoms with van der Waals surface area (Å²) in [5.74, 6) is 0.354. The Balaban J connectivity index is 1.67. The zero-order valence-electron chi connectivity index (χ0n) is 17.4. The highest BCUT2D eigenvalue weighted by atomic mass is 32.2. The second kappa shape index (κ2) is 7.44. The molecule has 0 saturated carbocycles. The second-order valence-corrected chi connectivity index (χ2v) is 9.84. The zero-order valence-corrected chi connectivity index (χ0v) is 18.2. The summed E-state index contributed by atoms with van der Waals surface area (Å²) in [6, 6.07) is 6.97. The van der Waals surface area contributed by atoms with Gasteiger partial charge in [-0.05, 0) is 44.0 Å². The Kier molecular flexibility index (Phi) is 5.29. The summed E-state index contributed by atoms with van der Waals surface area (Å²) in [6.45, 7) is 8.66. The highest BCUT2D eigenvalue weighted by Gasteiger charge is 2.41. The van der Waals surface area contributed by atoms with Crippen LogP contribution in [0.25, 0.3) is 10.9 Å². The molecule has 6 nitrogen and oxygen atoms in total. The molecule has 1 aromatic heterocycles. The number of nitrogens with zero attached hydrogens (tertiary/aromatic N) is 3. The van der Waals surface area contributed by atoms with Crippen LogP contribution in [-0.2, 0) is 23.2 Å². The minimum absolute atomic E-state index is 0.0677. The third kappa shape index (κ3) is 3.18. The molecule has 28 heavy (non-hydrogen) atoms. The van der Waals surface area contributed by atoms with Gasteiger partial charge in [0.25, 0.3) is 10.2 Å². The Morgan fingerprint density at radius 1 is 1.21 bits per heavy atom. The van der Waals surface area contributed by atoms with Crippen molar-refractivity contribution in [2.75, 3.05) is 26.7 Å². The van der Waals surface area contributed by atoms with Gasteiger partial charge in [-0.2, -0.15) is 17.4 Å². The molecule has 1 fully saturated rings. The van der Waals surface area contributed by atoms with Gasteiger partial charge in [0.05, 0.1) is 0 Å². The first-order chi connectivity index (χ1) is 13.4. The van der Waals surface area contributed by atoms with E-state index in [-0.39, 0.29) is 6.04 Å². The number of nitrogens with one attached hydrogen (secondary N) is 1. The van der Waals surface area contributed by atoms with Crippen molar-refractivity contribution in [1.29, 1.82) is 0 Å². The molecule has 1 aromatic carbocycles. The summed E-state index contributed by atoms with van der Waals surface area (Å²) in [5, 5.41) is 1.39.